The summed E-state index contributed by atoms with van der Waals surface area (Å²) < 4.78 is 45.6. The third-order valence-electron chi connectivity index (χ3n) is 4.94. The first-order valence-electron chi connectivity index (χ1n) is 9.79. The van der Waals surface area contributed by atoms with E-state index in [2.05, 4.69) is 10.2 Å². The number of carbonyl (C=O) groups excluding carboxylic acids is 1. The Morgan fingerprint density at radius 1 is 1.07 bits per heavy atom. The Hall–Kier alpha value is -2.49. The first kappa shape index (κ1) is 22.2. The van der Waals surface area contributed by atoms with Crippen LogP contribution in [0, 0.1) is 12.7 Å². The van der Waals surface area contributed by atoms with Crippen molar-refractivity contribution in [1.29, 1.82) is 0 Å². The number of halogens is 1. The van der Waals surface area contributed by atoms with E-state index in [9.17, 15) is 17.6 Å². The standard InChI is InChI=1S/C21H26FN3O4S/c1-17-6-8-18(9-7-17)30(27,28)25-14-12-24(13-15-25)11-10-23-21(26)16-29-20-5-3-2-4-19(20)22/h2-9H,10-16H2,1H3,(H,23,26). The van der Waals surface area contributed by atoms with E-state index in [1.165, 1.54) is 16.4 Å². The number of para-hydroxylation sites is 1. The third-order valence-corrected chi connectivity index (χ3v) is 6.85. The highest BCUT2D eigenvalue weighted by atomic mass is 32.2. The van der Waals surface area contributed by atoms with Crippen molar-refractivity contribution in [3.05, 3.63) is 59.9 Å². The topological polar surface area (TPSA) is 79.0 Å². The van der Waals surface area contributed by atoms with Crippen molar-refractivity contribution < 1.29 is 22.3 Å². The van der Waals surface area contributed by atoms with Gasteiger partial charge in [0.2, 0.25) is 10.0 Å². The van der Waals surface area contributed by atoms with Crippen molar-refractivity contribution in [3.8, 4) is 5.75 Å². The molecule has 1 fully saturated rings. The van der Waals surface area contributed by atoms with Gasteiger partial charge in [-0.05, 0) is 31.2 Å². The van der Waals surface area contributed by atoms with Crippen molar-refractivity contribution in [2.24, 2.45) is 0 Å². The molecule has 1 aliphatic rings. The van der Waals surface area contributed by atoms with E-state index in [1.807, 2.05) is 6.92 Å². The van der Waals surface area contributed by atoms with E-state index in [1.54, 1.807) is 36.4 Å². The quantitative estimate of drug-likeness (QED) is 0.682. The van der Waals surface area contributed by atoms with Gasteiger partial charge in [-0.2, -0.15) is 4.31 Å². The predicted octanol–water partition coefficient (Wildman–Crippen LogP) is 1.64. The number of nitrogens with one attached hydrogen (secondary N) is 1. The molecule has 0 aromatic heterocycles. The van der Waals surface area contributed by atoms with Crippen LogP contribution in [0.5, 0.6) is 5.75 Å². The van der Waals surface area contributed by atoms with Crippen molar-refractivity contribution in [2.45, 2.75) is 11.8 Å². The van der Waals surface area contributed by atoms with Crippen LogP contribution in [-0.2, 0) is 14.8 Å². The highest BCUT2D eigenvalue weighted by Gasteiger charge is 2.28. The first-order chi connectivity index (χ1) is 14.4. The van der Waals surface area contributed by atoms with Gasteiger partial charge in [0.25, 0.3) is 5.91 Å². The molecule has 0 saturated carbocycles. The first-order valence-corrected chi connectivity index (χ1v) is 11.2. The van der Waals surface area contributed by atoms with Gasteiger partial charge in [0, 0.05) is 39.3 Å². The van der Waals surface area contributed by atoms with E-state index < -0.39 is 15.8 Å². The fraction of sp³-hybridized carbons (Fsp3) is 0.381. The Labute approximate surface area is 176 Å². The second kappa shape index (κ2) is 10.0. The molecule has 162 valence electrons. The lowest BCUT2D eigenvalue weighted by molar-refractivity contribution is -0.123. The highest BCUT2D eigenvalue weighted by molar-refractivity contribution is 7.89. The van der Waals surface area contributed by atoms with Crippen LogP contribution in [0.1, 0.15) is 5.56 Å². The van der Waals surface area contributed by atoms with Gasteiger partial charge in [-0.3, -0.25) is 9.69 Å². The summed E-state index contributed by atoms with van der Waals surface area (Å²) in [5, 5.41) is 2.73. The summed E-state index contributed by atoms with van der Waals surface area (Å²) in [6.07, 6.45) is 0. The van der Waals surface area contributed by atoms with Gasteiger partial charge in [-0.25, -0.2) is 12.8 Å². The maximum atomic E-state index is 13.5. The van der Waals surface area contributed by atoms with Crippen LogP contribution in [0.15, 0.2) is 53.4 Å². The molecule has 2 aromatic carbocycles. The van der Waals surface area contributed by atoms with Crippen LogP contribution in [-0.4, -0.2) is 69.4 Å². The van der Waals surface area contributed by atoms with Gasteiger partial charge in [0.1, 0.15) is 0 Å². The second-order valence-electron chi connectivity index (χ2n) is 7.13. The van der Waals surface area contributed by atoms with Gasteiger partial charge in [-0.1, -0.05) is 29.8 Å². The molecule has 1 amide bonds. The third kappa shape index (κ3) is 5.78. The second-order valence-corrected chi connectivity index (χ2v) is 9.07. The van der Waals surface area contributed by atoms with Crippen LogP contribution in [0.3, 0.4) is 0 Å². The molecule has 1 saturated heterocycles. The normalized spacial score (nSPS) is 15.7. The summed E-state index contributed by atoms with van der Waals surface area (Å²) in [6.45, 7) is 4.65. The number of benzene rings is 2. The number of carbonyl (C=O) groups is 1. The zero-order valence-corrected chi connectivity index (χ0v) is 17.7. The predicted molar refractivity (Wildman–Crippen MR) is 111 cm³/mol. The Morgan fingerprint density at radius 2 is 1.73 bits per heavy atom. The number of rotatable bonds is 8. The maximum absolute atomic E-state index is 13.5. The molecule has 0 spiro atoms. The largest absolute Gasteiger partial charge is 0.481 e. The Kier molecular flexibility index (Phi) is 7.41. The van der Waals surface area contributed by atoms with Crippen LogP contribution in [0.4, 0.5) is 4.39 Å². The van der Waals surface area contributed by atoms with Crippen molar-refractivity contribution in [2.75, 3.05) is 45.9 Å². The highest BCUT2D eigenvalue weighted by Crippen LogP contribution is 2.18. The summed E-state index contributed by atoms with van der Waals surface area (Å²) in [5.41, 5.74) is 1.01. The number of hydrogen-bond acceptors (Lipinski definition) is 5. The molecule has 1 heterocycles. The van der Waals surface area contributed by atoms with Gasteiger partial charge in [-0.15, -0.1) is 0 Å². The summed E-state index contributed by atoms with van der Waals surface area (Å²) in [6, 6.07) is 12.8. The molecular formula is C21H26FN3O4S. The zero-order valence-electron chi connectivity index (χ0n) is 16.9. The monoisotopic (exact) mass is 435 g/mol. The average molecular weight is 436 g/mol. The molecule has 0 unspecified atom stereocenters. The van der Waals surface area contributed by atoms with Crippen LogP contribution >= 0.6 is 0 Å². The average Bonchev–Trinajstić information content (AvgIpc) is 2.74. The fourth-order valence-electron chi connectivity index (χ4n) is 3.16. The summed E-state index contributed by atoms with van der Waals surface area (Å²) >= 11 is 0. The van der Waals surface area contributed by atoms with Crippen molar-refractivity contribution in [3.63, 3.8) is 0 Å². The van der Waals surface area contributed by atoms with Crippen LogP contribution in [0.25, 0.3) is 0 Å². The van der Waals surface area contributed by atoms with E-state index in [0.29, 0.717) is 44.2 Å². The van der Waals surface area contributed by atoms with Crippen LogP contribution < -0.4 is 10.1 Å². The number of piperazine rings is 1. The van der Waals surface area contributed by atoms with E-state index >= 15 is 0 Å². The van der Waals surface area contributed by atoms with Gasteiger partial charge in [0.15, 0.2) is 18.2 Å². The molecule has 1 N–H and O–H groups in total. The molecule has 9 heteroatoms. The SMILES string of the molecule is Cc1ccc(S(=O)(=O)N2CCN(CCNC(=O)COc3ccccc3F)CC2)cc1. The van der Waals surface area contributed by atoms with Crippen LogP contribution in [0.2, 0.25) is 0 Å². The summed E-state index contributed by atoms with van der Waals surface area (Å²) in [7, 11) is -3.48. The van der Waals surface area contributed by atoms with Gasteiger partial charge >= 0.3 is 0 Å². The lowest BCUT2D eigenvalue weighted by Gasteiger charge is -2.34. The Bertz CT molecular complexity index is 958. The molecule has 0 aliphatic carbocycles. The van der Waals surface area contributed by atoms with E-state index in [0.717, 1.165) is 5.56 Å². The zero-order chi connectivity index (χ0) is 21.6. The molecule has 1 aliphatic heterocycles. The van der Waals surface area contributed by atoms with E-state index in [4.69, 9.17) is 4.74 Å². The minimum Gasteiger partial charge on any atom is -0.481 e. The lowest BCUT2D eigenvalue weighted by atomic mass is 10.2. The number of ether oxygens (including phenoxy) is 1. The number of sulfonamides is 1. The lowest BCUT2D eigenvalue weighted by Crippen LogP contribution is -2.50. The minimum atomic E-state index is -3.48. The Morgan fingerprint density at radius 3 is 2.40 bits per heavy atom. The van der Waals surface area contributed by atoms with Crippen molar-refractivity contribution in [1.82, 2.24) is 14.5 Å². The number of aryl methyl sites for hydroxylation is 1. The minimum absolute atomic E-state index is 0.0403. The molecule has 0 atom stereocenters. The fourth-order valence-corrected chi connectivity index (χ4v) is 4.58. The summed E-state index contributed by atoms with van der Waals surface area (Å²) in [5.74, 6) is -0.804. The van der Waals surface area contributed by atoms with E-state index in [-0.39, 0.29) is 18.3 Å². The van der Waals surface area contributed by atoms with Gasteiger partial charge < -0.3 is 10.1 Å². The summed E-state index contributed by atoms with van der Waals surface area (Å²) in [4.78, 5) is 14.3. The molecule has 30 heavy (non-hydrogen) atoms. The molecule has 7 nitrogen and oxygen atoms in total. The molecule has 3 rings (SSSR count). The molecule has 2 aromatic rings. The molecule has 0 bridgehead atoms. The smallest absolute Gasteiger partial charge is 0.257 e. The van der Waals surface area contributed by atoms with Gasteiger partial charge in [0.05, 0.1) is 4.90 Å². The number of hydrogen-bond donors (Lipinski definition) is 1. The Balaban J connectivity index is 1.38. The number of nitrogens with zero attached hydrogens (tertiary/aromatic N) is 2. The molecule has 0 radical (unpaired) electrons. The van der Waals surface area contributed by atoms with Crippen molar-refractivity contribution >= 4 is 15.9 Å². The molecular weight excluding hydrogens is 409 g/mol. The number of amides is 1. The maximum Gasteiger partial charge on any atom is 0.257 e.